The van der Waals surface area contributed by atoms with Crippen LogP contribution in [0.1, 0.15) is 24.5 Å². The minimum absolute atomic E-state index is 0. The molecule has 0 saturated carbocycles. The number of hydrogen-bond donors (Lipinski definition) is 2. The van der Waals surface area contributed by atoms with Gasteiger partial charge in [-0.15, -0.1) is 12.4 Å². The van der Waals surface area contributed by atoms with Gasteiger partial charge in [0, 0.05) is 20.4 Å². The molecular weight excluding hydrogens is 406 g/mol. The summed E-state index contributed by atoms with van der Waals surface area (Å²) < 4.78 is 38.3. The highest BCUT2D eigenvalue weighted by Gasteiger charge is 2.30. The predicted octanol–water partition coefficient (Wildman–Crippen LogP) is 5.57. The highest BCUT2D eigenvalue weighted by atomic mass is 35.5. The number of aliphatic hydroxyl groups excluding tert-OH is 1. The number of hydrogen-bond acceptors (Lipinski definition) is 3. The molecule has 144 valence electrons. The molecule has 2 aromatic rings. The second kappa shape index (κ2) is 9.33. The maximum atomic E-state index is 12.8. The van der Waals surface area contributed by atoms with Crippen LogP contribution in [0.3, 0.4) is 0 Å². The minimum Gasteiger partial charge on any atom is -0.394 e. The molecule has 0 heterocycles. The summed E-state index contributed by atoms with van der Waals surface area (Å²) in [6, 6.07) is 10.6. The van der Waals surface area contributed by atoms with Crippen LogP contribution in [-0.2, 0) is 12.6 Å². The second-order valence-electron chi connectivity index (χ2n) is 6.19. The molecule has 0 aliphatic carbocycles. The summed E-state index contributed by atoms with van der Waals surface area (Å²) in [7, 11) is 0. The van der Waals surface area contributed by atoms with Crippen LogP contribution in [0.15, 0.2) is 52.3 Å². The van der Waals surface area contributed by atoms with Crippen molar-refractivity contribution >= 4 is 35.8 Å². The molecule has 2 nitrogen and oxygen atoms in total. The number of halogens is 5. The molecule has 0 radical (unpaired) electrons. The van der Waals surface area contributed by atoms with Gasteiger partial charge >= 0.3 is 6.18 Å². The molecule has 0 bridgehead atoms. The molecular formula is C18H20Cl2F3NOS. The number of aliphatic hydroxyl groups is 1. The van der Waals surface area contributed by atoms with Gasteiger partial charge in [0.25, 0.3) is 0 Å². The van der Waals surface area contributed by atoms with Gasteiger partial charge in [0.1, 0.15) is 0 Å². The average molecular weight is 426 g/mol. The maximum absolute atomic E-state index is 12.8. The van der Waals surface area contributed by atoms with Crippen molar-refractivity contribution in [2.24, 2.45) is 5.73 Å². The van der Waals surface area contributed by atoms with Crippen molar-refractivity contribution in [2.75, 3.05) is 6.61 Å². The molecule has 1 atom stereocenters. The standard InChI is InChI=1S/C18H19ClF3NOS.ClH/c1-17(23,11-24)8-7-12-5-6-15(10-16(12)19)25-14-4-2-3-13(9-14)18(20,21)22;/h2-6,9-10,24H,7-8,11,23H2,1H3;1H. The van der Waals surface area contributed by atoms with Crippen molar-refractivity contribution in [1.82, 2.24) is 0 Å². The SMILES string of the molecule is CC(N)(CO)CCc1ccc(Sc2cccc(C(F)(F)F)c2)cc1Cl.Cl. The van der Waals surface area contributed by atoms with Gasteiger partial charge in [-0.25, -0.2) is 0 Å². The largest absolute Gasteiger partial charge is 0.416 e. The normalized spacial score (nSPS) is 13.8. The van der Waals surface area contributed by atoms with Gasteiger partial charge < -0.3 is 10.8 Å². The highest BCUT2D eigenvalue weighted by Crippen LogP contribution is 2.35. The van der Waals surface area contributed by atoms with Crippen LogP contribution in [0.5, 0.6) is 0 Å². The van der Waals surface area contributed by atoms with Crippen LogP contribution >= 0.6 is 35.8 Å². The average Bonchev–Trinajstić information content (AvgIpc) is 2.53. The summed E-state index contributed by atoms with van der Waals surface area (Å²) in [5.74, 6) is 0. The molecule has 0 amide bonds. The number of nitrogens with two attached hydrogens (primary N) is 1. The zero-order chi connectivity index (χ0) is 18.7. The lowest BCUT2D eigenvalue weighted by Gasteiger charge is -2.21. The Kier molecular flexibility index (Phi) is 8.30. The van der Waals surface area contributed by atoms with Crippen molar-refractivity contribution < 1.29 is 18.3 Å². The van der Waals surface area contributed by atoms with E-state index in [1.807, 2.05) is 12.1 Å². The molecule has 26 heavy (non-hydrogen) atoms. The fourth-order valence-corrected chi connectivity index (χ4v) is 3.42. The summed E-state index contributed by atoms with van der Waals surface area (Å²) in [6.45, 7) is 1.65. The lowest BCUT2D eigenvalue weighted by molar-refractivity contribution is -0.137. The fraction of sp³-hybridized carbons (Fsp3) is 0.333. The Labute approximate surface area is 166 Å². The Balaban J connectivity index is 0.00000338. The van der Waals surface area contributed by atoms with Crippen molar-refractivity contribution in [3.05, 3.63) is 58.6 Å². The molecule has 3 N–H and O–H groups in total. The summed E-state index contributed by atoms with van der Waals surface area (Å²) >= 11 is 7.49. The lowest BCUT2D eigenvalue weighted by Crippen LogP contribution is -2.40. The van der Waals surface area contributed by atoms with Crippen molar-refractivity contribution in [1.29, 1.82) is 0 Å². The van der Waals surface area contributed by atoms with Crippen LogP contribution in [-0.4, -0.2) is 17.3 Å². The van der Waals surface area contributed by atoms with Gasteiger partial charge in [-0.2, -0.15) is 13.2 Å². The highest BCUT2D eigenvalue weighted by molar-refractivity contribution is 7.99. The van der Waals surface area contributed by atoms with Crippen LogP contribution in [0, 0.1) is 0 Å². The number of aryl methyl sites for hydroxylation is 1. The monoisotopic (exact) mass is 425 g/mol. The van der Waals surface area contributed by atoms with Gasteiger partial charge in [-0.3, -0.25) is 0 Å². The first-order chi connectivity index (χ1) is 11.6. The van der Waals surface area contributed by atoms with Crippen LogP contribution in [0.4, 0.5) is 13.2 Å². The van der Waals surface area contributed by atoms with E-state index in [9.17, 15) is 18.3 Å². The van der Waals surface area contributed by atoms with Crippen molar-refractivity contribution in [3.63, 3.8) is 0 Å². The Bertz CT molecular complexity index is 739. The minimum atomic E-state index is -4.36. The topological polar surface area (TPSA) is 46.2 Å². The van der Waals surface area contributed by atoms with E-state index in [1.54, 1.807) is 19.1 Å². The Morgan fingerprint density at radius 3 is 2.35 bits per heavy atom. The van der Waals surface area contributed by atoms with E-state index in [4.69, 9.17) is 17.3 Å². The summed E-state index contributed by atoms with van der Waals surface area (Å²) in [6.07, 6.45) is -3.18. The summed E-state index contributed by atoms with van der Waals surface area (Å²) in [4.78, 5) is 1.25. The van der Waals surface area contributed by atoms with E-state index in [1.165, 1.54) is 17.8 Å². The second-order valence-corrected chi connectivity index (χ2v) is 7.75. The third kappa shape index (κ3) is 6.67. The first-order valence-corrected chi connectivity index (χ1v) is 8.83. The van der Waals surface area contributed by atoms with Gasteiger partial charge in [0.05, 0.1) is 12.2 Å². The number of benzene rings is 2. The zero-order valence-electron chi connectivity index (χ0n) is 14.0. The van der Waals surface area contributed by atoms with E-state index >= 15 is 0 Å². The fourth-order valence-electron chi connectivity index (χ4n) is 2.17. The molecule has 0 spiro atoms. The number of rotatable bonds is 6. The van der Waals surface area contributed by atoms with Crippen LogP contribution < -0.4 is 5.73 Å². The predicted molar refractivity (Wildman–Crippen MR) is 102 cm³/mol. The number of alkyl halides is 3. The molecule has 0 aliphatic rings. The molecule has 2 rings (SSSR count). The smallest absolute Gasteiger partial charge is 0.394 e. The maximum Gasteiger partial charge on any atom is 0.416 e. The zero-order valence-corrected chi connectivity index (χ0v) is 16.4. The Morgan fingerprint density at radius 2 is 1.77 bits per heavy atom. The van der Waals surface area contributed by atoms with E-state index in [0.717, 1.165) is 22.6 Å². The van der Waals surface area contributed by atoms with Gasteiger partial charge in [0.15, 0.2) is 0 Å². The quantitative estimate of drug-likeness (QED) is 0.635. The van der Waals surface area contributed by atoms with E-state index in [0.29, 0.717) is 22.8 Å². The van der Waals surface area contributed by atoms with E-state index < -0.39 is 17.3 Å². The first kappa shape index (κ1) is 23.1. The summed E-state index contributed by atoms with van der Waals surface area (Å²) in [5, 5.41) is 9.72. The molecule has 2 aromatic carbocycles. The van der Waals surface area contributed by atoms with Gasteiger partial charge in [0.2, 0.25) is 0 Å². The molecule has 0 aromatic heterocycles. The molecule has 0 saturated heterocycles. The molecule has 8 heteroatoms. The lowest BCUT2D eigenvalue weighted by atomic mass is 9.95. The van der Waals surface area contributed by atoms with Gasteiger partial charge in [-0.1, -0.05) is 35.5 Å². The molecule has 0 aliphatic heterocycles. The Hall–Kier alpha value is -0.920. The van der Waals surface area contributed by atoms with Crippen LogP contribution in [0.2, 0.25) is 5.02 Å². The summed E-state index contributed by atoms with van der Waals surface area (Å²) in [5.41, 5.74) is 5.45. The molecule has 0 fully saturated rings. The van der Waals surface area contributed by atoms with Crippen molar-refractivity contribution in [2.45, 2.75) is 41.3 Å². The third-order valence-electron chi connectivity index (χ3n) is 3.75. The van der Waals surface area contributed by atoms with Gasteiger partial charge in [-0.05, 0) is 55.7 Å². The van der Waals surface area contributed by atoms with E-state index in [-0.39, 0.29) is 19.0 Å². The molecule has 1 unspecified atom stereocenters. The van der Waals surface area contributed by atoms with Crippen LogP contribution in [0.25, 0.3) is 0 Å². The van der Waals surface area contributed by atoms with E-state index in [2.05, 4.69) is 0 Å². The first-order valence-electron chi connectivity index (χ1n) is 7.64. The Morgan fingerprint density at radius 1 is 1.12 bits per heavy atom. The third-order valence-corrected chi connectivity index (χ3v) is 5.08. The van der Waals surface area contributed by atoms with Crippen molar-refractivity contribution in [3.8, 4) is 0 Å².